The lowest BCUT2D eigenvalue weighted by molar-refractivity contribution is 0.00479. The molecule has 0 aliphatic rings. The Labute approximate surface area is 280 Å². The number of hydrogen-bond acceptors (Lipinski definition) is 11. The van der Waals surface area contributed by atoms with E-state index >= 15 is 0 Å². The molecule has 0 radical (unpaired) electrons. The molecule has 0 atom stereocenters. The van der Waals surface area contributed by atoms with E-state index in [2.05, 4.69) is 0 Å². The van der Waals surface area contributed by atoms with Gasteiger partial charge in [-0.15, -0.1) is 0 Å². The number of carbonyl (C=O) groups is 7. The fourth-order valence-corrected chi connectivity index (χ4v) is 3.98. The minimum Gasteiger partial charge on any atom is -0.478 e. The average Bonchev–Trinajstić information content (AvgIpc) is 3.07. The van der Waals surface area contributed by atoms with Crippen molar-refractivity contribution in [3.63, 3.8) is 0 Å². The minimum atomic E-state index is -1.51. The summed E-state index contributed by atoms with van der Waals surface area (Å²) in [6.45, 7) is 6.05. The lowest BCUT2D eigenvalue weighted by Gasteiger charge is -2.24. The predicted molar refractivity (Wildman–Crippen MR) is 169 cm³/mol. The van der Waals surface area contributed by atoms with Crippen molar-refractivity contribution in [1.29, 1.82) is 0 Å². The second kappa shape index (κ2) is 15.7. The van der Waals surface area contributed by atoms with E-state index in [1.165, 1.54) is 48.5 Å². The van der Waals surface area contributed by atoms with Crippen molar-refractivity contribution in [3.8, 4) is 0 Å². The SMILES string of the molecule is CC(C)(COC(=O)c1ccc(C(=O)O)cc1)COC(=O)c1ccc(C(=O)OCC(C)(C)COC(=O)c2ccc(C(=O)O)cc2C(=O)O)cc1. The summed E-state index contributed by atoms with van der Waals surface area (Å²) in [5.41, 5.74) is -2.37. The Bertz CT molecular complexity index is 1750. The molecule has 0 spiro atoms. The van der Waals surface area contributed by atoms with Gasteiger partial charge in [0, 0.05) is 10.8 Å². The van der Waals surface area contributed by atoms with E-state index in [1.54, 1.807) is 27.7 Å². The van der Waals surface area contributed by atoms with Crippen molar-refractivity contribution in [3.05, 3.63) is 106 Å². The lowest BCUT2D eigenvalue weighted by atomic mass is 9.96. The molecule has 0 unspecified atom stereocenters. The van der Waals surface area contributed by atoms with Crippen LogP contribution in [0, 0.1) is 10.8 Å². The Hall–Kier alpha value is -6.05. The van der Waals surface area contributed by atoms with E-state index in [1.807, 2.05) is 0 Å². The van der Waals surface area contributed by atoms with Gasteiger partial charge in [-0.2, -0.15) is 0 Å². The van der Waals surface area contributed by atoms with Crippen molar-refractivity contribution in [2.75, 3.05) is 26.4 Å². The summed E-state index contributed by atoms with van der Waals surface area (Å²) in [5, 5.41) is 27.4. The third kappa shape index (κ3) is 10.7. The second-order valence-electron chi connectivity index (χ2n) is 12.5. The Balaban J connectivity index is 1.47. The highest BCUT2D eigenvalue weighted by molar-refractivity contribution is 6.04. The van der Waals surface area contributed by atoms with Gasteiger partial charge >= 0.3 is 41.8 Å². The molecule has 49 heavy (non-hydrogen) atoms. The van der Waals surface area contributed by atoms with Crippen LogP contribution in [0.4, 0.5) is 0 Å². The van der Waals surface area contributed by atoms with Crippen LogP contribution in [-0.2, 0) is 18.9 Å². The Morgan fingerprint density at radius 2 is 0.735 bits per heavy atom. The summed E-state index contributed by atoms with van der Waals surface area (Å²) in [6.07, 6.45) is 0. The normalized spacial score (nSPS) is 11.2. The maximum Gasteiger partial charge on any atom is 0.339 e. The topological polar surface area (TPSA) is 217 Å². The van der Waals surface area contributed by atoms with E-state index in [4.69, 9.17) is 29.2 Å². The molecular weight excluding hydrogens is 644 g/mol. The number of benzene rings is 3. The molecule has 3 N–H and O–H groups in total. The van der Waals surface area contributed by atoms with Crippen molar-refractivity contribution in [2.45, 2.75) is 27.7 Å². The van der Waals surface area contributed by atoms with Crippen molar-refractivity contribution < 1.29 is 67.8 Å². The van der Waals surface area contributed by atoms with Gasteiger partial charge in [0.25, 0.3) is 0 Å². The number of ether oxygens (including phenoxy) is 4. The fourth-order valence-electron chi connectivity index (χ4n) is 3.98. The number of carboxylic acids is 3. The first-order chi connectivity index (χ1) is 22.9. The maximum absolute atomic E-state index is 12.6. The highest BCUT2D eigenvalue weighted by Gasteiger charge is 2.27. The van der Waals surface area contributed by atoms with E-state index < -0.39 is 58.2 Å². The summed E-state index contributed by atoms with van der Waals surface area (Å²) < 4.78 is 21.3. The van der Waals surface area contributed by atoms with E-state index in [-0.39, 0.29) is 59.8 Å². The standard InChI is InChI=1S/C35H34O14/c1-34(2,16-46-30(42)21-7-5-20(6-8-21)27(36)37)17-47-31(43)22-9-11-23(12-10-22)32(44)48-18-35(3,4)19-49-33(45)25-14-13-24(28(38)39)15-26(25)29(40)41/h5-15H,16-19H2,1-4H3,(H,36,37)(H,38,39)(H,40,41). The van der Waals surface area contributed by atoms with Crippen LogP contribution in [-0.4, -0.2) is 83.5 Å². The molecule has 0 aromatic heterocycles. The lowest BCUT2D eigenvalue weighted by Crippen LogP contribution is -2.29. The molecule has 0 amide bonds. The average molecular weight is 679 g/mol. The monoisotopic (exact) mass is 678 g/mol. The van der Waals surface area contributed by atoms with Crippen molar-refractivity contribution in [2.24, 2.45) is 10.8 Å². The van der Waals surface area contributed by atoms with Gasteiger partial charge in [-0.25, -0.2) is 33.6 Å². The number of esters is 4. The van der Waals surface area contributed by atoms with Crippen LogP contribution < -0.4 is 0 Å². The number of aromatic carboxylic acids is 3. The number of rotatable bonds is 15. The molecule has 0 saturated carbocycles. The van der Waals surface area contributed by atoms with E-state index in [0.717, 1.165) is 18.2 Å². The summed E-state index contributed by atoms with van der Waals surface area (Å²) >= 11 is 0. The van der Waals surface area contributed by atoms with Crippen LogP contribution in [0.25, 0.3) is 0 Å². The number of carbonyl (C=O) groups excluding carboxylic acids is 4. The minimum absolute atomic E-state index is 0.0269. The van der Waals surface area contributed by atoms with Gasteiger partial charge in [0.15, 0.2) is 0 Å². The van der Waals surface area contributed by atoms with E-state index in [0.29, 0.717) is 0 Å². The van der Waals surface area contributed by atoms with Gasteiger partial charge in [0.05, 0.1) is 65.4 Å². The molecule has 3 rings (SSSR count). The highest BCUT2D eigenvalue weighted by atomic mass is 16.6. The molecule has 0 bridgehead atoms. The van der Waals surface area contributed by atoms with Gasteiger partial charge < -0.3 is 34.3 Å². The van der Waals surface area contributed by atoms with Crippen LogP contribution >= 0.6 is 0 Å². The molecule has 0 fully saturated rings. The molecule has 14 heteroatoms. The molecule has 258 valence electrons. The summed E-state index contributed by atoms with van der Waals surface area (Å²) in [4.78, 5) is 83.8. The second-order valence-corrected chi connectivity index (χ2v) is 12.5. The van der Waals surface area contributed by atoms with Crippen LogP contribution in [0.2, 0.25) is 0 Å². The molecule has 14 nitrogen and oxygen atoms in total. The van der Waals surface area contributed by atoms with Gasteiger partial charge in [-0.3, -0.25) is 0 Å². The predicted octanol–water partition coefficient (Wildman–Crippen LogP) is 4.86. The van der Waals surface area contributed by atoms with Crippen molar-refractivity contribution in [1.82, 2.24) is 0 Å². The third-order valence-corrected chi connectivity index (χ3v) is 6.82. The first-order valence-corrected chi connectivity index (χ1v) is 14.6. The molecule has 3 aromatic carbocycles. The van der Waals surface area contributed by atoms with Gasteiger partial charge in [-0.05, 0) is 66.7 Å². The smallest absolute Gasteiger partial charge is 0.339 e. The third-order valence-electron chi connectivity index (χ3n) is 6.82. The van der Waals surface area contributed by atoms with Crippen molar-refractivity contribution >= 4 is 41.8 Å². The van der Waals surface area contributed by atoms with Crippen LogP contribution in [0.3, 0.4) is 0 Å². The molecule has 0 heterocycles. The summed E-state index contributed by atoms with van der Waals surface area (Å²) in [7, 11) is 0. The molecule has 0 aliphatic heterocycles. The van der Waals surface area contributed by atoms with Gasteiger partial charge in [0.1, 0.15) is 0 Å². The molecule has 3 aromatic rings. The van der Waals surface area contributed by atoms with Gasteiger partial charge in [-0.1, -0.05) is 27.7 Å². The van der Waals surface area contributed by atoms with Crippen LogP contribution in [0.5, 0.6) is 0 Å². The molecule has 0 aliphatic carbocycles. The zero-order valence-corrected chi connectivity index (χ0v) is 27.0. The molecule has 0 saturated heterocycles. The first kappa shape index (κ1) is 37.4. The highest BCUT2D eigenvalue weighted by Crippen LogP contribution is 2.21. The zero-order chi connectivity index (χ0) is 36.5. The largest absolute Gasteiger partial charge is 0.478 e. The Kier molecular flexibility index (Phi) is 12.0. The maximum atomic E-state index is 12.6. The fraction of sp³-hybridized carbons (Fsp3) is 0.286. The van der Waals surface area contributed by atoms with Gasteiger partial charge in [0.2, 0.25) is 0 Å². The zero-order valence-electron chi connectivity index (χ0n) is 27.0. The quantitative estimate of drug-likeness (QED) is 0.144. The summed E-state index contributed by atoms with van der Waals surface area (Å²) in [5.74, 6) is -7.06. The Morgan fingerprint density at radius 1 is 0.429 bits per heavy atom. The molecular formula is C35H34O14. The number of hydrogen-bond donors (Lipinski definition) is 3. The summed E-state index contributed by atoms with van der Waals surface area (Å²) in [6, 6.07) is 13.7. The first-order valence-electron chi connectivity index (χ1n) is 14.6. The van der Waals surface area contributed by atoms with Crippen LogP contribution in [0.1, 0.15) is 100 Å². The number of carboxylic acid groups (broad SMARTS) is 3. The van der Waals surface area contributed by atoms with Crippen LogP contribution in [0.15, 0.2) is 66.7 Å². The van der Waals surface area contributed by atoms with E-state index in [9.17, 15) is 38.7 Å². The Morgan fingerprint density at radius 3 is 1.06 bits per heavy atom.